The van der Waals surface area contributed by atoms with E-state index in [2.05, 4.69) is 17.4 Å². The smallest absolute Gasteiger partial charge is 0.0580 e. The van der Waals surface area contributed by atoms with Crippen LogP contribution in [0.1, 0.15) is 11.1 Å². The molecule has 0 fully saturated rings. The predicted octanol–water partition coefficient (Wildman–Crippen LogP) is 3.84. The quantitative estimate of drug-likeness (QED) is 0.808. The maximum atomic E-state index is 6.00. The third-order valence-corrected chi connectivity index (χ3v) is 3.06. The lowest BCUT2D eigenvalue weighted by atomic mass is 10.1. The molecular formula is C14H15ClN2. The van der Waals surface area contributed by atoms with Gasteiger partial charge in [0.1, 0.15) is 0 Å². The van der Waals surface area contributed by atoms with Gasteiger partial charge in [-0.05, 0) is 30.2 Å². The van der Waals surface area contributed by atoms with Crippen molar-refractivity contribution < 1.29 is 0 Å². The molecule has 2 nitrogen and oxygen atoms in total. The highest BCUT2D eigenvalue weighted by atomic mass is 35.5. The van der Waals surface area contributed by atoms with Gasteiger partial charge in [-0.25, -0.2) is 0 Å². The summed E-state index contributed by atoms with van der Waals surface area (Å²) in [6, 6.07) is 14.0. The molecule has 88 valence electrons. The maximum absolute atomic E-state index is 6.00. The van der Waals surface area contributed by atoms with Crippen LogP contribution in [0.15, 0.2) is 42.5 Å². The van der Waals surface area contributed by atoms with Crippen molar-refractivity contribution in [3.8, 4) is 0 Å². The van der Waals surface area contributed by atoms with Crippen LogP contribution in [0.5, 0.6) is 0 Å². The van der Waals surface area contributed by atoms with Gasteiger partial charge in [-0.1, -0.05) is 41.9 Å². The molecule has 3 heteroatoms. The lowest BCUT2D eigenvalue weighted by molar-refractivity contribution is 1.15. The number of nitrogens with two attached hydrogens (primary N) is 1. The van der Waals surface area contributed by atoms with Gasteiger partial charge in [-0.2, -0.15) is 0 Å². The number of rotatable bonds is 3. The second kappa shape index (κ2) is 5.11. The summed E-state index contributed by atoms with van der Waals surface area (Å²) in [6.45, 7) is 2.72. The normalized spacial score (nSPS) is 10.2. The molecule has 2 aromatic rings. The minimum atomic E-state index is 0.677. The summed E-state index contributed by atoms with van der Waals surface area (Å²) in [4.78, 5) is 0. The number of benzene rings is 2. The SMILES string of the molecule is Cc1cc(NCc2ccccc2)c(N)cc1Cl. The third kappa shape index (κ3) is 2.92. The highest BCUT2D eigenvalue weighted by Crippen LogP contribution is 2.26. The maximum Gasteiger partial charge on any atom is 0.0580 e. The van der Waals surface area contributed by atoms with E-state index in [-0.39, 0.29) is 0 Å². The molecule has 0 bridgehead atoms. The monoisotopic (exact) mass is 246 g/mol. The Hall–Kier alpha value is -1.67. The van der Waals surface area contributed by atoms with Crippen molar-refractivity contribution in [2.45, 2.75) is 13.5 Å². The van der Waals surface area contributed by atoms with Crippen LogP contribution in [0.3, 0.4) is 0 Å². The van der Waals surface area contributed by atoms with Crippen molar-refractivity contribution in [3.05, 3.63) is 58.6 Å². The molecule has 2 rings (SSSR count). The number of aryl methyl sites for hydroxylation is 1. The number of hydrogen-bond donors (Lipinski definition) is 2. The van der Waals surface area contributed by atoms with Gasteiger partial charge >= 0.3 is 0 Å². The van der Waals surface area contributed by atoms with Crippen LogP contribution in [0.4, 0.5) is 11.4 Å². The van der Waals surface area contributed by atoms with E-state index in [0.717, 1.165) is 17.8 Å². The number of hydrogen-bond acceptors (Lipinski definition) is 2. The number of nitrogen functional groups attached to an aromatic ring is 1. The molecule has 0 radical (unpaired) electrons. The van der Waals surface area contributed by atoms with Gasteiger partial charge in [0, 0.05) is 11.6 Å². The van der Waals surface area contributed by atoms with Crippen LogP contribution in [0, 0.1) is 6.92 Å². The van der Waals surface area contributed by atoms with Crippen molar-refractivity contribution in [2.24, 2.45) is 0 Å². The summed E-state index contributed by atoms with van der Waals surface area (Å²) in [5.41, 5.74) is 9.76. The van der Waals surface area contributed by atoms with E-state index in [9.17, 15) is 0 Å². The minimum Gasteiger partial charge on any atom is -0.397 e. The fourth-order valence-electron chi connectivity index (χ4n) is 1.64. The molecule has 0 heterocycles. The predicted molar refractivity (Wildman–Crippen MR) is 74.4 cm³/mol. The minimum absolute atomic E-state index is 0.677. The van der Waals surface area contributed by atoms with E-state index >= 15 is 0 Å². The van der Waals surface area contributed by atoms with Crippen LogP contribution >= 0.6 is 11.6 Å². The highest BCUT2D eigenvalue weighted by molar-refractivity contribution is 6.31. The van der Waals surface area contributed by atoms with Crippen LogP contribution in [0.25, 0.3) is 0 Å². The van der Waals surface area contributed by atoms with Crippen molar-refractivity contribution in [1.29, 1.82) is 0 Å². The Balaban J connectivity index is 2.12. The molecule has 17 heavy (non-hydrogen) atoms. The molecule has 3 N–H and O–H groups in total. The Morgan fingerprint density at radius 1 is 1.18 bits per heavy atom. The first-order valence-corrected chi connectivity index (χ1v) is 5.88. The zero-order chi connectivity index (χ0) is 12.3. The highest BCUT2D eigenvalue weighted by Gasteiger charge is 2.03. The molecule has 0 aromatic heterocycles. The van der Waals surface area contributed by atoms with E-state index in [0.29, 0.717) is 10.7 Å². The van der Waals surface area contributed by atoms with Gasteiger partial charge < -0.3 is 11.1 Å². The number of anilines is 2. The molecule has 0 aliphatic heterocycles. The topological polar surface area (TPSA) is 38.0 Å². The average Bonchev–Trinajstić information content (AvgIpc) is 2.33. The third-order valence-electron chi connectivity index (χ3n) is 2.66. The van der Waals surface area contributed by atoms with E-state index in [1.54, 1.807) is 6.07 Å². The Bertz CT molecular complexity index is 509. The fraction of sp³-hybridized carbons (Fsp3) is 0.143. The molecule has 0 saturated heterocycles. The summed E-state index contributed by atoms with van der Waals surface area (Å²) in [5.74, 6) is 0. The van der Waals surface area contributed by atoms with Gasteiger partial charge in [-0.3, -0.25) is 0 Å². The van der Waals surface area contributed by atoms with Crippen LogP contribution in [-0.2, 0) is 6.54 Å². The van der Waals surface area contributed by atoms with Gasteiger partial charge in [0.05, 0.1) is 11.4 Å². The lowest BCUT2D eigenvalue weighted by Crippen LogP contribution is -2.02. The molecular weight excluding hydrogens is 232 g/mol. The van der Waals surface area contributed by atoms with E-state index in [1.807, 2.05) is 31.2 Å². The Morgan fingerprint density at radius 3 is 2.59 bits per heavy atom. The van der Waals surface area contributed by atoms with Gasteiger partial charge in [0.2, 0.25) is 0 Å². The molecule has 0 aliphatic rings. The average molecular weight is 247 g/mol. The Labute approximate surface area is 106 Å². The van der Waals surface area contributed by atoms with Crippen molar-refractivity contribution in [2.75, 3.05) is 11.1 Å². The zero-order valence-electron chi connectivity index (χ0n) is 9.70. The first-order chi connectivity index (χ1) is 8.16. The van der Waals surface area contributed by atoms with Crippen LogP contribution in [0.2, 0.25) is 5.02 Å². The Morgan fingerprint density at radius 2 is 1.88 bits per heavy atom. The zero-order valence-corrected chi connectivity index (χ0v) is 10.5. The van der Waals surface area contributed by atoms with Crippen molar-refractivity contribution in [1.82, 2.24) is 0 Å². The molecule has 0 saturated carbocycles. The van der Waals surface area contributed by atoms with E-state index < -0.39 is 0 Å². The van der Waals surface area contributed by atoms with Gasteiger partial charge in [0.15, 0.2) is 0 Å². The lowest BCUT2D eigenvalue weighted by Gasteiger charge is -2.11. The van der Waals surface area contributed by atoms with Gasteiger partial charge in [0.25, 0.3) is 0 Å². The number of nitrogens with one attached hydrogen (secondary N) is 1. The summed E-state index contributed by atoms with van der Waals surface area (Å²) in [6.07, 6.45) is 0. The Kier molecular flexibility index (Phi) is 3.55. The second-order valence-corrected chi connectivity index (χ2v) is 4.43. The molecule has 0 unspecified atom stereocenters. The standard InChI is InChI=1S/C14H15ClN2/c1-10-7-14(13(16)8-12(10)15)17-9-11-5-3-2-4-6-11/h2-8,17H,9,16H2,1H3. The summed E-state index contributed by atoms with van der Waals surface area (Å²) in [7, 11) is 0. The van der Waals surface area contributed by atoms with E-state index in [1.165, 1.54) is 5.56 Å². The first-order valence-electron chi connectivity index (χ1n) is 5.50. The fourth-order valence-corrected chi connectivity index (χ4v) is 1.82. The summed E-state index contributed by atoms with van der Waals surface area (Å²) >= 11 is 6.00. The van der Waals surface area contributed by atoms with E-state index in [4.69, 9.17) is 17.3 Å². The molecule has 0 amide bonds. The molecule has 2 aromatic carbocycles. The largest absolute Gasteiger partial charge is 0.397 e. The molecule has 0 spiro atoms. The van der Waals surface area contributed by atoms with Crippen LogP contribution < -0.4 is 11.1 Å². The van der Waals surface area contributed by atoms with Crippen molar-refractivity contribution >= 4 is 23.0 Å². The molecule has 0 aliphatic carbocycles. The number of halogens is 1. The summed E-state index contributed by atoms with van der Waals surface area (Å²) < 4.78 is 0. The second-order valence-electron chi connectivity index (χ2n) is 4.03. The van der Waals surface area contributed by atoms with Crippen molar-refractivity contribution in [3.63, 3.8) is 0 Å². The van der Waals surface area contributed by atoms with Gasteiger partial charge in [-0.15, -0.1) is 0 Å². The van der Waals surface area contributed by atoms with Crippen LogP contribution in [-0.4, -0.2) is 0 Å². The summed E-state index contributed by atoms with van der Waals surface area (Å²) in [5, 5.41) is 4.02. The first kappa shape index (κ1) is 11.8. The molecule has 0 atom stereocenters.